The van der Waals surface area contributed by atoms with Gasteiger partial charge >= 0.3 is 0 Å². The zero-order chi connectivity index (χ0) is 26.0. The van der Waals surface area contributed by atoms with Gasteiger partial charge in [0.2, 0.25) is 0 Å². The molecule has 2 heterocycles. The molecule has 6 aromatic rings. The molecule has 7 rings (SSSR count). The fourth-order valence-electron chi connectivity index (χ4n) is 6.27. The van der Waals surface area contributed by atoms with E-state index in [4.69, 9.17) is 0 Å². The van der Waals surface area contributed by atoms with Gasteiger partial charge in [-0.3, -0.25) is 4.90 Å². The predicted octanol–water partition coefficient (Wildman–Crippen LogP) is 9.17. The van der Waals surface area contributed by atoms with E-state index in [9.17, 15) is 0 Å². The Labute approximate surface area is 222 Å². The standard InChI is InChI=1S/C35H27N3/c1-5-28-34(36-4)38(31-11-6-7-20-37-31)30-19-16-25(21-29(30)35(28,2)3)26-17-14-24-13-12-22-9-8-10-23-15-18-27(26)33(24)32(22)23/h5-21H,1,4H2,2-3H3. The van der Waals surface area contributed by atoms with Gasteiger partial charge in [0.15, 0.2) is 0 Å². The highest BCUT2D eigenvalue weighted by Crippen LogP contribution is 2.50. The first-order chi connectivity index (χ1) is 18.5. The van der Waals surface area contributed by atoms with Crippen LogP contribution < -0.4 is 4.90 Å². The van der Waals surface area contributed by atoms with Crippen LogP contribution in [0.1, 0.15) is 19.4 Å². The van der Waals surface area contributed by atoms with Crippen molar-refractivity contribution in [2.75, 3.05) is 4.90 Å². The quantitative estimate of drug-likeness (QED) is 0.182. The zero-order valence-electron chi connectivity index (χ0n) is 21.6. The Morgan fingerprint density at radius 3 is 2.26 bits per heavy atom. The number of nitrogens with zero attached hydrogens (tertiary/aromatic N) is 3. The van der Waals surface area contributed by atoms with Crippen molar-refractivity contribution in [3.8, 4) is 11.1 Å². The van der Waals surface area contributed by atoms with Crippen LogP contribution in [-0.4, -0.2) is 11.7 Å². The molecule has 0 atom stereocenters. The highest BCUT2D eigenvalue weighted by molar-refractivity contribution is 6.25. The van der Waals surface area contributed by atoms with Crippen molar-refractivity contribution in [1.82, 2.24) is 4.98 Å². The summed E-state index contributed by atoms with van der Waals surface area (Å²) in [7, 11) is 0. The second-order valence-electron chi connectivity index (χ2n) is 10.4. The summed E-state index contributed by atoms with van der Waals surface area (Å²) in [6.07, 6.45) is 3.72. The molecule has 1 aliphatic heterocycles. The van der Waals surface area contributed by atoms with E-state index in [1.54, 1.807) is 0 Å². The SMILES string of the molecule is C=CC1=C(N=C)N(c2ccccn2)c2ccc(-c3ccc4ccc5cccc6ccc3c4c56)cc2C1(C)C. The van der Waals surface area contributed by atoms with E-state index in [0.29, 0.717) is 0 Å². The Morgan fingerprint density at radius 2 is 1.55 bits per heavy atom. The van der Waals surface area contributed by atoms with Crippen LogP contribution in [0.2, 0.25) is 0 Å². The van der Waals surface area contributed by atoms with E-state index in [-0.39, 0.29) is 5.41 Å². The molecule has 0 aliphatic carbocycles. The van der Waals surface area contributed by atoms with Gasteiger partial charge < -0.3 is 0 Å². The van der Waals surface area contributed by atoms with E-state index in [1.165, 1.54) is 49.0 Å². The summed E-state index contributed by atoms with van der Waals surface area (Å²) in [5, 5.41) is 7.76. The summed E-state index contributed by atoms with van der Waals surface area (Å²) in [4.78, 5) is 11.2. The minimum Gasteiger partial charge on any atom is -0.278 e. The van der Waals surface area contributed by atoms with E-state index in [1.807, 2.05) is 30.5 Å². The molecular formula is C35H27N3. The molecule has 38 heavy (non-hydrogen) atoms. The highest BCUT2D eigenvalue weighted by atomic mass is 15.3. The van der Waals surface area contributed by atoms with Crippen LogP contribution >= 0.6 is 0 Å². The average Bonchev–Trinajstić information content (AvgIpc) is 2.96. The summed E-state index contributed by atoms with van der Waals surface area (Å²) < 4.78 is 0. The number of hydrogen-bond acceptors (Lipinski definition) is 3. The van der Waals surface area contributed by atoms with Crippen LogP contribution in [0.4, 0.5) is 11.5 Å². The molecule has 0 saturated heterocycles. The highest BCUT2D eigenvalue weighted by Gasteiger charge is 2.38. The van der Waals surface area contributed by atoms with Crippen molar-refractivity contribution in [2.45, 2.75) is 19.3 Å². The van der Waals surface area contributed by atoms with Gasteiger partial charge in [-0.05, 0) is 80.0 Å². The number of rotatable bonds is 4. The van der Waals surface area contributed by atoms with E-state index >= 15 is 0 Å². The summed E-state index contributed by atoms with van der Waals surface area (Å²) >= 11 is 0. The topological polar surface area (TPSA) is 28.5 Å². The second-order valence-corrected chi connectivity index (χ2v) is 10.4. The molecule has 0 fully saturated rings. The van der Waals surface area contributed by atoms with Gasteiger partial charge in [-0.1, -0.05) is 93.2 Å². The number of anilines is 2. The van der Waals surface area contributed by atoms with Gasteiger partial charge in [0.25, 0.3) is 0 Å². The number of benzene rings is 5. The molecule has 0 saturated carbocycles. The van der Waals surface area contributed by atoms with Crippen LogP contribution in [-0.2, 0) is 5.41 Å². The number of fused-ring (bicyclic) bond motifs is 1. The molecule has 1 aromatic heterocycles. The number of aliphatic imine (C=N–C) groups is 1. The summed E-state index contributed by atoms with van der Waals surface area (Å²) in [6.45, 7) is 12.5. The molecule has 0 bridgehead atoms. The number of allylic oxidation sites excluding steroid dienone is 2. The van der Waals surface area contributed by atoms with Gasteiger partial charge in [0.1, 0.15) is 11.6 Å². The fourth-order valence-corrected chi connectivity index (χ4v) is 6.27. The molecule has 5 aromatic carbocycles. The third-order valence-corrected chi connectivity index (χ3v) is 8.11. The molecule has 0 radical (unpaired) electrons. The van der Waals surface area contributed by atoms with Crippen molar-refractivity contribution in [1.29, 1.82) is 0 Å². The lowest BCUT2D eigenvalue weighted by Gasteiger charge is -2.41. The van der Waals surface area contributed by atoms with Crippen LogP contribution in [0.3, 0.4) is 0 Å². The van der Waals surface area contributed by atoms with Crippen LogP contribution in [0.25, 0.3) is 43.4 Å². The Morgan fingerprint density at radius 1 is 0.816 bits per heavy atom. The van der Waals surface area contributed by atoms with Crippen LogP contribution in [0.15, 0.2) is 126 Å². The molecule has 0 spiro atoms. The maximum atomic E-state index is 4.65. The van der Waals surface area contributed by atoms with Crippen LogP contribution in [0, 0.1) is 0 Å². The lowest BCUT2D eigenvalue weighted by molar-refractivity contribution is 0.616. The zero-order valence-corrected chi connectivity index (χ0v) is 21.6. The van der Waals surface area contributed by atoms with E-state index in [2.05, 4.69) is 115 Å². The molecule has 0 N–H and O–H groups in total. The molecule has 1 aliphatic rings. The van der Waals surface area contributed by atoms with Gasteiger partial charge in [0, 0.05) is 17.2 Å². The molecule has 0 unspecified atom stereocenters. The molecule has 0 amide bonds. The lowest BCUT2D eigenvalue weighted by atomic mass is 9.73. The largest absolute Gasteiger partial charge is 0.278 e. The first-order valence-corrected chi connectivity index (χ1v) is 12.9. The summed E-state index contributed by atoms with van der Waals surface area (Å²) in [5.41, 5.74) is 5.39. The monoisotopic (exact) mass is 489 g/mol. The second kappa shape index (κ2) is 8.12. The predicted molar refractivity (Wildman–Crippen MR) is 162 cm³/mol. The molecule has 3 heteroatoms. The Balaban J connectivity index is 1.50. The van der Waals surface area contributed by atoms with Gasteiger partial charge in [0.05, 0.1) is 5.69 Å². The molecule has 182 valence electrons. The maximum absolute atomic E-state index is 4.65. The third kappa shape index (κ3) is 3.02. The van der Waals surface area contributed by atoms with Gasteiger partial charge in [-0.25, -0.2) is 9.98 Å². The number of pyridine rings is 1. The van der Waals surface area contributed by atoms with Crippen LogP contribution in [0.5, 0.6) is 0 Å². The van der Waals surface area contributed by atoms with Crippen molar-refractivity contribution in [3.63, 3.8) is 0 Å². The smallest absolute Gasteiger partial charge is 0.142 e. The summed E-state index contributed by atoms with van der Waals surface area (Å²) in [5.74, 6) is 1.58. The van der Waals surface area contributed by atoms with E-state index in [0.717, 1.165) is 22.9 Å². The third-order valence-electron chi connectivity index (χ3n) is 8.11. The Hall–Kier alpha value is -4.76. The van der Waals surface area contributed by atoms with Gasteiger partial charge in [-0.15, -0.1) is 0 Å². The Bertz CT molecular complexity index is 1910. The molecule has 3 nitrogen and oxygen atoms in total. The normalized spacial score (nSPS) is 14.8. The van der Waals surface area contributed by atoms with E-state index < -0.39 is 0 Å². The van der Waals surface area contributed by atoms with Crippen molar-refractivity contribution >= 4 is 50.5 Å². The Kier molecular flexibility index (Phi) is 4.80. The minimum absolute atomic E-state index is 0.321. The lowest BCUT2D eigenvalue weighted by Crippen LogP contribution is -2.33. The minimum atomic E-state index is -0.321. The first-order valence-electron chi connectivity index (χ1n) is 12.9. The molecular weight excluding hydrogens is 462 g/mol. The maximum Gasteiger partial charge on any atom is 0.142 e. The van der Waals surface area contributed by atoms with Gasteiger partial charge in [-0.2, -0.15) is 0 Å². The fraction of sp³-hybridized carbons (Fsp3) is 0.0857. The summed E-state index contributed by atoms with van der Waals surface area (Å²) in [6, 6.07) is 32.7. The van der Waals surface area contributed by atoms with Crippen molar-refractivity contribution in [3.05, 3.63) is 127 Å². The number of aromatic nitrogens is 1. The van der Waals surface area contributed by atoms with Crippen molar-refractivity contribution < 1.29 is 0 Å². The van der Waals surface area contributed by atoms with Crippen molar-refractivity contribution in [2.24, 2.45) is 4.99 Å². The first kappa shape index (κ1) is 22.4. The number of hydrogen-bond donors (Lipinski definition) is 0. The average molecular weight is 490 g/mol.